The van der Waals surface area contributed by atoms with Gasteiger partial charge in [0.15, 0.2) is 5.78 Å². The summed E-state index contributed by atoms with van der Waals surface area (Å²) in [6.07, 6.45) is 2.26. The molecule has 0 atom stereocenters. The van der Waals surface area contributed by atoms with Crippen LogP contribution in [0.3, 0.4) is 0 Å². The number of hydrogen-bond donors (Lipinski definition) is 0. The summed E-state index contributed by atoms with van der Waals surface area (Å²) in [6.45, 7) is 0. The van der Waals surface area contributed by atoms with Crippen LogP contribution in [0.5, 0.6) is 0 Å². The van der Waals surface area contributed by atoms with Crippen molar-refractivity contribution in [2.75, 3.05) is 0 Å². The Kier molecular flexibility index (Phi) is 4.05. The van der Waals surface area contributed by atoms with Crippen LogP contribution in [0.1, 0.15) is 21.7 Å². The van der Waals surface area contributed by atoms with Gasteiger partial charge in [-0.15, -0.1) is 0 Å². The quantitative estimate of drug-likeness (QED) is 0.328. The number of furan rings is 1. The molecule has 0 N–H and O–H groups in total. The molecule has 0 radical (unpaired) electrons. The van der Waals surface area contributed by atoms with Crippen molar-refractivity contribution in [2.24, 2.45) is 0 Å². The third-order valence-electron chi connectivity index (χ3n) is 4.30. The number of benzene rings is 2. The Morgan fingerprint density at radius 1 is 1.08 bits per heavy atom. The van der Waals surface area contributed by atoms with Gasteiger partial charge in [0, 0.05) is 28.1 Å². The zero-order valence-corrected chi connectivity index (χ0v) is 15.0. The lowest BCUT2D eigenvalue weighted by atomic mass is 10.1. The molecular weight excluding hydrogens is 398 g/mol. The van der Waals surface area contributed by atoms with E-state index in [2.05, 4.69) is 15.9 Å². The van der Waals surface area contributed by atoms with Gasteiger partial charge in [-0.25, -0.2) is 0 Å². The fourth-order valence-corrected chi connectivity index (χ4v) is 3.43. The minimum atomic E-state index is -0.447. The molecule has 1 aliphatic rings. The molecule has 0 fully saturated rings. The number of nitro benzene ring substituents is 1. The first-order valence-electron chi connectivity index (χ1n) is 7.90. The Bertz CT molecular complexity index is 1080. The van der Waals surface area contributed by atoms with Crippen molar-refractivity contribution >= 4 is 33.5 Å². The van der Waals surface area contributed by atoms with Crippen LogP contribution in [-0.4, -0.2) is 10.7 Å². The molecule has 0 saturated heterocycles. The number of carbonyl (C=O) groups is 1. The average Bonchev–Trinajstić information content (AvgIpc) is 3.21. The minimum Gasteiger partial charge on any atom is -0.456 e. The predicted molar refractivity (Wildman–Crippen MR) is 101 cm³/mol. The van der Waals surface area contributed by atoms with Crippen molar-refractivity contribution in [3.63, 3.8) is 0 Å². The van der Waals surface area contributed by atoms with Crippen molar-refractivity contribution in [1.29, 1.82) is 0 Å². The summed E-state index contributed by atoms with van der Waals surface area (Å²) < 4.78 is 6.38. The molecular formula is C20H12BrNO4. The van der Waals surface area contributed by atoms with E-state index in [1.807, 2.05) is 24.3 Å². The van der Waals surface area contributed by atoms with Crippen molar-refractivity contribution in [3.05, 3.63) is 91.6 Å². The summed E-state index contributed by atoms with van der Waals surface area (Å²) in [6, 6.07) is 15.7. The number of hydrogen-bond acceptors (Lipinski definition) is 4. The number of allylic oxidation sites excluding steroid dienone is 1. The maximum absolute atomic E-state index is 12.5. The Hall–Kier alpha value is -2.99. The van der Waals surface area contributed by atoms with Crippen LogP contribution in [0.25, 0.3) is 17.4 Å². The second kappa shape index (κ2) is 6.38. The summed E-state index contributed by atoms with van der Waals surface area (Å²) in [5.74, 6) is 0.876. The summed E-state index contributed by atoms with van der Waals surface area (Å²) in [5.41, 5.74) is 2.71. The van der Waals surface area contributed by atoms with Gasteiger partial charge in [-0.3, -0.25) is 14.9 Å². The largest absolute Gasteiger partial charge is 0.456 e. The highest BCUT2D eigenvalue weighted by atomic mass is 79.9. The SMILES string of the molecule is O=C1/C(=C/c2ccc(-c3ccc(Br)cc3[N+](=O)[O-])o2)Cc2ccccc21. The van der Waals surface area contributed by atoms with Gasteiger partial charge in [0.05, 0.1) is 10.5 Å². The van der Waals surface area contributed by atoms with E-state index in [0.29, 0.717) is 39.1 Å². The molecule has 5 nitrogen and oxygen atoms in total. The van der Waals surface area contributed by atoms with Gasteiger partial charge < -0.3 is 4.42 Å². The number of carbonyl (C=O) groups excluding carboxylic acids is 1. The van der Waals surface area contributed by atoms with Gasteiger partial charge in [0.1, 0.15) is 11.5 Å². The fraction of sp³-hybridized carbons (Fsp3) is 0.0500. The number of fused-ring (bicyclic) bond motifs is 1. The highest BCUT2D eigenvalue weighted by Crippen LogP contribution is 2.34. The van der Waals surface area contributed by atoms with E-state index in [4.69, 9.17) is 4.42 Å². The molecule has 128 valence electrons. The first kappa shape index (κ1) is 16.5. The van der Waals surface area contributed by atoms with Crippen LogP contribution in [-0.2, 0) is 6.42 Å². The monoisotopic (exact) mass is 409 g/mol. The number of nitrogens with zero attached hydrogens (tertiary/aromatic N) is 1. The topological polar surface area (TPSA) is 73.3 Å². The number of Topliss-reactive ketones (excluding diaryl/α,β-unsaturated/α-hetero) is 1. The van der Waals surface area contributed by atoms with Crippen molar-refractivity contribution in [1.82, 2.24) is 0 Å². The second-order valence-electron chi connectivity index (χ2n) is 5.95. The van der Waals surface area contributed by atoms with E-state index in [1.165, 1.54) is 6.07 Å². The molecule has 0 saturated carbocycles. The van der Waals surface area contributed by atoms with E-state index in [-0.39, 0.29) is 11.5 Å². The molecule has 0 amide bonds. The summed E-state index contributed by atoms with van der Waals surface area (Å²) >= 11 is 3.24. The molecule has 0 spiro atoms. The molecule has 0 bridgehead atoms. The van der Waals surface area contributed by atoms with Crippen molar-refractivity contribution < 1.29 is 14.1 Å². The van der Waals surface area contributed by atoms with Crippen molar-refractivity contribution in [2.45, 2.75) is 6.42 Å². The van der Waals surface area contributed by atoms with Gasteiger partial charge in [-0.2, -0.15) is 0 Å². The highest BCUT2D eigenvalue weighted by Gasteiger charge is 2.24. The molecule has 0 aliphatic heterocycles. The number of rotatable bonds is 3. The van der Waals surface area contributed by atoms with Gasteiger partial charge in [0.25, 0.3) is 5.69 Å². The molecule has 1 aromatic heterocycles. The second-order valence-corrected chi connectivity index (χ2v) is 6.87. The number of nitro groups is 1. The molecule has 26 heavy (non-hydrogen) atoms. The number of halogens is 1. The third-order valence-corrected chi connectivity index (χ3v) is 4.79. The minimum absolute atomic E-state index is 0.00632. The molecule has 2 aromatic carbocycles. The van der Waals surface area contributed by atoms with Crippen LogP contribution in [0, 0.1) is 10.1 Å². The molecule has 4 rings (SSSR count). The first-order valence-corrected chi connectivity index (χ1v) is 8.69. The van der Waals surface area contributed by atoms with Crippen LogP contribution in [0.2, 0.25) is 0 Å². The fourth-order valence-electron chi connectivity index (χ4n) is 3.08. The third kappa shape index (κ3) is 2.88. The smallest absolute Gasteiger partial charge is 0.281 e. The lowest BCUT2D eigenvalue weighted by molar-refractivity contribution is -0.384. The molecule has 1 heterocycles. The van der Waals surface area contributed by atoms with E-state index in [9.17, 15) is 14.9 Å². The molecule has 0 unspecified atom stereocenters. The van der Waals surface area contributed by atoms with Gasteiger partial charge >= 0.3 is 0 Å². The van der Waals surface area contributed by atoms with E-state index < -0.39 is 4.92 Å². The van der Waals surface area contributed by atoms with Crippen LogP contribution >= 0.6 is 15.9 Å². The molecule has 6 heteroatoms. The summed E-state index contributed by atoms with van der Waals surface area (Å²) in [5, 5.41) is 11.3. The van der Waals surface area contributed by atoms with E-state index in [0.717, 1.165) is 5.56 Å². The zero-order chi connectivity index (χ0) is 18.3. The Balaban J connectivity index is 1.69. The first-order chi connectivity index (χ1) is 12.5. The summed E-state index contributed by atoms with van der Waals surface area (Å²) in [7, 11) is 0. The summed E-state index contributed by atoms with van der Waals surface area (Å²) in [4.78, 5) is 23.3. The van der Waals surface area contributed by atoms with Crippen LogP contribution < -0.4 is 0 Å². The number of ketones is 1. The van der Waals surface area contributed by atoms with Gasteiger partial charge in [-0.1, -0.05) is 40.2 Å². The van der Waals surface area contributed by atoms with Crippen molar-refractivity contribution in [3.8, 4) is 11.3 Å². The maximum atomic E-state index is 12.5. The van der Waals surface area contributed by atoms with Gasteiger partial charge in [0.2, 0.25) is 0 Å². The Labute approximate surface area is 157 Å². The molecule has 1 aliphatic carbocycles. The highest BCUT2D eigenvalue weighted by molar-refractivity contribution is 9.10. The van der Waals surface area contributed by atoms with Crippen LogP contribution in [0.15, 0.2) is 69.1 Å². The predicted octanol–water partition coefficient (Wildman–Crippen LogP) is 5.44. The Morgan fingerprint density at radius 3 is 2.65 bits per heavy atom. The maximum Gasteiger partial charge on any atom is 0.281 e. The van der Waals surface area contributed by atoms with Crippen LogP contribution in [0.4, 0.5) is 5.69 Å². The lowest BCUT2D eigenvalue weighted by Crippen LogP contribution is -1.94. The standard InChI is InChI=1S/C20H12BrNO4/c21-14-5-7-17(18(11-14)22(24)25)19-8-6-15(26-19)10-13-9-12-3-1-2-4-16(12)20(13)23/h1-8,10-11H,9H2/b13-10+. The normalized spacial score (nSPS) is 14.7. The van der Waals surface area contributed by atoms with E-state index >= 15 is 0 Å². The molecule has 3 aromatic rings. The van der Waals surface area contributed by atoms with E-state index in [1.54, 1.807) is 30.3 Å². The average molecular weight is 410 g/mol. The lowest BCUT2D eigenvalue weighted by Gasteiger charge is -2.00. The van der Waals surface area contributed by atoms with Gasteiger partial charge in [-0.05, 0) is 35.9 Å². The Morgan fingerprint density at radius 2 is 1.88 bits per heavy atom. The zero-order valence-electron chi connectivity index (χ0n) is 13.4.